The lowest BCUT2D eigenvalue weighted by Gasteiger charge is -2.13. The minimum atomic E-state index is -0.0682. The molecule has 1 heterocycles. The molecule has 0 bridgehead atoms. The number of benzene rings is 1. The van der Waals surface area contributed by atoms with Gasteiger partial charge in [0, 0.05) is 22.4 Å². The summed E-state index contributed by atoms with van der Waals surface area (Å²) in [5.74, 6) is 0. The second-order valence-corrected chi connectivity index (χ2v) is 7.11. The Labute approximate surface area is 128 Å². The second-order valence-electron chi connectivity index (χ2n) is 5.63. The monoisotopic (exact) mass is 308 g/mol. The van der Waals surface area contributed by atoms with Gasteiger partial charge in [-0.3, -0.25) is 9.48 Å². The summed E-state index contributed by atoms with van der Waals surface area (Å²) in [6.07, 6.45) is 0. The van der Waals surface area contributed by atoms with Crippen LogP contribution in [0.4, 0.5) is 0 Å². The molecule has 0 spiro atoms. The van der Waals surface area contributed by atoms with E-state index in [0.29, 0.717) is 10.7 Å². The van der Waals surface area contributed by atoms with Crippen LogP contribution in [0.5, 0.6) is 0 Å². The molecule has 1 aromatic heterocycles. The van der Waals surface area contributed by atoms with Crippen molar-refractivity contribution in [3.63, 3.8) is 0 Å². The molecule has 20 heavy (non-hydrogen) atoms. The molecule has 0 atom stereocenters. The van der Waals surface area contributed by atoms with Crippen LogP contribution in [-0.4, -0.2) is 14.9 Å². The molecule has 0 N–H and O–H groups in total. The lowest BCUT2D eigenvalue weighted by molar-refractivity contribution is 0.108. The van der Waals surface area contributed by atoms with Crippen LogP contribution in [0, 0.1) is 0 Å². The van der Waals surface area contributed by atoms with Gasteiger partial charge in [0.25, 0.3) is 0 Å². The highest BCUT2D eigenvalue weighted by Gasteiger charge is 2.22. The first-order chi connectivity index (χ1) is 9.27. The van der Waals surface area contributed by atoms with Crippen LogP contribution in [0.1, 0.15) is 37.0 Å². The zero-order valence-corrected chi connectivity index (χ0v) is 13.5. The molecule has 0 saturated heterocycles. The van der Waals surface area contributed by atoms with Gasteiger partial charge in [-0.2, -0.15) is 5.10 Å². The summed E-state index contributed by atoms with van der Waals surface area (Å²) in [6.45, 7) is 6.24. The predicted octanol–water partition coefficient (Wildman–Crippen LogP) is 4.30. The van der Waals surface area contributed by atoms with Crippen molar-refractivity contribution in [1.29, 1.82) is 0 Å². The quantitative estimate of drug-likeness (QED) is 0.776. The fourth-order valence-electron chi connectivity index (χ4n) is 1.69. The summed E-state index contributed by atoms with van der Waals surface area (Å²) in [5, 5.41) is 5.07. The third-order valence-electron chi connectivity index (χ3n) is 2.88. The number of hydrogen-bond acceptors (Lipinski definition) is 3. The molecule has 0 aliphatic carbocycles. The van der Waals surface area contributed by atoms with Gasteiger partial charge in [0.15, 0.2) is 0 Å². The van der Waals surface area contributed by atoms with Gasteiger partial charge in [-0.25, -0.2) is 0 Å². The average Bonchev–Trinajstić information content (AvgIpc) is 2.74. The number of carbonyl (C=O) groups excluding carboxylic acids is 1. The van der Waals surface area contributed by atoms with E-state index in [1.165, 1.54) is 11.8 Å². The average molecular weight is 309 g/mol. The fraction of sp³-hybridized carbons (Fsp3) is 0.333. The minimum Gasteiger partial charge on any atom is -0.279 e. The number of rotatable bonds is 2. The zero-order valence-electron chi connectivity index (χ0n) is 12.0. The molecule has 0 unspecified atom stereocenters. The van der Waals surface area contributed by atoms with Crippen molar-refractivity contribution in [2.24, 2.45) is 7.05 Å². The summed E-state index contributed by atoms with van der Waals surface area (Å²) >= 11 is 7.02. The summed E-state index contributed by atoms with van der Waals surface area (Å²) in [5.41, 5.74) is 1.45. The second kappa shape index (κ2) is 5.62. The van der Waals surface area contributed by atoms with Crippen LogP contribution in [0.2, 0.25) is 5.02 Å². The van der Waals surface area contributed by atoms with Crippen LogP contribution in [0.3, 0.4) is 0 Å². The highest BCUT2D eigenvalue weighted by atomic mass is 35.5. The molecule has 0 radical (unpaired) electrons. The van der Waals surface area contributed by atoms with Crippen molar-refractivity contribution in [2.45, 2.75) is 31.1 Å². The maximum absolute atomic E-state index is 12.3. The first kappa shape index (κ1) is 15.1. The first-order valence-corrected chi connectivity index (χ1v) is 7.49. The lowest BCUT2D eigenvalue weighted by atomic mass is 9.92. The number of aryl methyl sites for hydroxylation is 1. The normalized spacial score (nSPS) is 11.7. The molecule has 3 nitrogen and oxygen atoms in total. The van der Waals surface area contributed by atoms with E-state index in [1.807, 2.05) is 18.2 Å². The van der Waals surface area contributed by atoms with Gasteiger partial charge in [-0.1, -0.05) is 32.4 Å². The smallest absolute Gasteiger partial charge is 0.242 e. The molecule has 0 amide bonds. The van der Waals surface area contributed by atoms with Crippen molar-refractivity contribution < 1.29 is 4.79 Å². The molecular weight excluding hydrogens is 292 g/mol. The molecule has 0 saturated carbocycles. The highest BCUT2D eigenvalue weighted by Crippen LogP contribution is 2.27. The highest BCUT2D eigenvalue weighted by molar-refractivity contribution is 8.14. The van der Waals surface area contributed by atoms with E-state index in [0.717, 1.165) is 10.6 Å². The van der Waals surface area contributed by atoms with Gasteiger partial charge in [-0.05, 0) is 42.1 Å². The number of halogens is 1. The maximum Gasteiger partial charge on any atom is 0.242 e. The largest absolute Gasteiger partial charge is 0.279 e. The van der Waals surface area contributed by atoms with Crippen LogP contribution < -0.4 is 0 Å². The van der Waals surface area contributed by atoms with Gasteiger partial charge in [0.05, 0.1) is 5.69 Å². The number of hydrogen-bond donors (Lipinski definition) is 0. The molecular formula is C15H17ClN2OS. The topological polar surface area (TPSA) is 34.9 Å². The van der Waals surface area contributed by atoms with E-state index in [4.69, 9.17) is 11.6 Å². The Morgan fingerprint density at radius 2 is 1.85 bits per heavy atom. The third kappa shape index (κ3) is 3.44. The molecule has 1 aromatic carbocycles. The Hall–Kier alpha value is -1.26. The van der Waals surface area contributed by atoms with E-state index in [1.54, 1.807) is 23.9 Å². The standard InChI is InChI=1S/C15H17ClN2OS/c1-15(2,3)13-9-12(18(4)17-13)14(19)20-11-7-5-10(16)6-8-11/h5-9H,1-4H3. The lowest BCUT2D eigenvalue weighted by Crippen LogP contribution is -2.12. The minimum absolute atomic E-state index is 0.0159. The van der Waals surface area contributed by atoms with Gasteiger partial charge in [-0.15, -0.1) is 0 Å². The summed E-state index contributed by atoms with van der Waals surface area (Å²) in [6, 6.07) is 9.10. The van der Waals surface area contributed by atoms with Crippen molar-refractivity contribution in [3.05, 3.63) is 46.7 Å². The first-order valence-electron chi connectivity index (χ1n) is 6.29. The molecule has 2 rings (SSSR count). The Balaban J connectivity index is 2.21. The molecule has 0 fully saturated rings. The number of carbonyl (C=O) groups is 1. The van der Waals surface area contributed by atoms with Crippen LogP contribution >= 0.6 is 23.4 Å². The summed E-state index contributed by atoms with van der Waals surface area (Å²) in [4.78, 5) is 13.2. The molecule has 0 aliphatic rings. The zero-order chi connectivity index (χ0) is 14.9. The van der Waals surface area contributed by atoms with Crippen molar-refractivity contribution in [2.75, 3.05) is 0 Å². The van der Waals surface area contributed by atoms with Crippen LogP contribution in [0.25, 0.3) is 0 Å². The summed E-state index contributed by atoms with van der Waals surface area (Å²) < 4.78 is 1.64. The SMILES string of the molecule is Cn1nc(C(C)(C)C)cc1C(=O)Sc1ccc(Cl)cc1. The van der Waals surface area contributed by atoms with Gasteiger partial charge < -0.3 is 0 Å². The van der Waals surface area contributed by atoms with Crippen molar-refractivity contribution in [3.8, 4) is 0 Å². The molecule has 0 aliphatic heterocycles. The van der Waals surface area contributed by atoms with E-state index >= 15 is 0 Å². The maximum atomic E-state index is 12.3. The van der Waals surface area contributed by atoms with Crippen molar-refractivity contribution in [1.82, 2.24) is 9.78 Å². The Morgan fingerprint density at radius 3 is 2.35 bits per heavy atom. The Bertz CT molecular complexity index is 626. The Morgan fingerprint density at radius 1 is 1.25 bits per heavy atom. The van der Waals surface area contributed by atoms with Gasteiger partial charge in [0.1, 0.15) is 5.69 Å². The van der Waals surface area contributed by atoms with Gasteiger partial charge in [0.2, 0.25) is 5.12 Å². The van der Waals surface area contributed by atoms with Gasteiger partial charge >= 0.3 is 0 Å². The number of aromatic nitrogens is 2. The van der Waals surface area contributed by atoms with Crippen LogP contribution in [0.15, 0.2) is 35.2 Å². The predicted molar refractivity (Wildman–Crippen MR) is 83.5 cm³/mol. The number of nitrogens with zero attached hydrogens (tertiary/aromatic N) is 2. The number of thioether (sulfide) groups is 1. The van der Waals surface area contributed by atoms with E-state index in [2.05, 4.69) is 25.9 Å². The molecule has 2 aromatic rings. The fourth-order valence-corrected chi connectivity index (χ4v) is 2.59. The molecule has 5 heteroatoms. The van der Waals surface area contributed by atoms with E-state index in [9.17, 15) is 4.79 Å². The van der Waals surface area contributed by atoms with E-state index in [-0.39, 0.29) is 10.5 Å². The molecule has 106 valence electrons. The van der Waals surface area contributed by atoms with Crippen molar-refractivity contribution >= 4 is 28.5 Å². The summed E-state index contributed by atoms with van der Waals surface area (Å²) in [7, 11) is 1.80. The Kier molecular flexibility index (Phi) is 4.25. The van der Waals surface area contributed by atoms with E-state index < -0.39 is 0 Å². The van der Waals surface area contributed by atoms with Crippen LogP contribution in [-0.2, 0) is 12.5 Å². The third-order valence-corrected chi connectivity index (χ3v) is 4.04.